The van der Waals surface area contributed by atoms with E-state index in [-0.39, 0.29) is 18.3 Å². The number of carbonyl (C=O) groups excluding carboxylic acids is 1. The van der Waals surface area contributed by atoms with E-state index in [0.29, 0.717) is 18.2 Å². The molecule has 0 saturated heterocycles. The molecule has 5 heteroatoms. The molecule has 1 aromatic carbocycles. The first kappa shape index (κ1) is 16.7. The van der Waals surface area contributed by atoms with Crippen molar-refractivity contribution in [2.24, 2.45) is 0 Å². The molecule has 3 nitrogen and oxygen atoms in total. The van der Waals surface area contributed by atoms with Crippen LogP contribution in [0.3, 0.4) is 0 Å². The predicted molar refractivity (Wildman–Crippen MR) is 81.9 cm³/mol. The molecular formula is C12H18ClIN2O. The molecule has 0 saturated carbocycles. The van der Waals surface area contributed by atoms with Crippen LogP contribution in [-0.4, -0.2) is 25.0 Å². The first-order valence-corrected chi connectivity index (χ1v) is 6.48. The highest BCUT2D eigenvalue weighted by Gasteiger charge is 2.06. The second-order valence-corrected chi connectivity index (χ2v) is 4.92. The Morgan fingerprint density at radius 2 is 1.94 bits per heavy atom. The maximum atomic E-state index is 11.7. The second-order valence-electron chi connectivity index (χ2n) is 3.68. The highest BCUT2D eigenvalue weighted by atomic mass is 127. The smallest absolute Gasteiger partial charge is 0.251 e. The highest BCUT2D eigenvalue weighted by molar-refractivity contribution is 14.1. The lowest BCUT2D eigenvalue weighted by Gasteiger charge is -2.13. The van der Waals surface area contributed by atoms with Gasteiger partial charge in [0.2, 0.25) is 0 Å². The summed E-state index contributed by atoms with van der Waals surface area (Å²) in [5.74, 6) is -0.0128. The van der Waals surface area contributed by atoms with Crippen LogP contribution in [0.5, 0.6) is 0 Å². The molecular weight excluding hydrogens is 351 g/mol. The zero-order chi connectivity index (χ0) is 12.0. The third-order valence-electron chi connectivity index (χ3n) is 2.23. The lowest BCUT2D eigenvalue weighted by molar-refractivity contribution is 0.0950. The maximum absolute atomic E-state index is 11.7. The van der Waals surface area contributed by atoms with Crippen molar-refractivity contribution in [1.82, 2.24) is 10.6 Å². The number of halogens is 2. The van der Waals surface area contributed by atoms with Crippen LogP contribution < -0.4 is 10.6 Å². The van der Waals surface area contributed by atoms with E-state index in [1.807, 2.05) is 24.3 Å². The molecule has 0 unspecified atom stereocenters. The molecule has 0 radical (unpaired) electrons. The van der Waals surface area contributed by atoms with Crippen LogP contribution in [0.4, 0.5) is 0 Å². The molecule has 96 valence electrons. The molecule has 0 fully saturated rings. The summed E-state index contributed by atoms with van der Waals surface area (Å²) in [5.41, 5.74) is 0.712. The molecule has 0 aliphatic rings. The minimum Gasteiger partial charge on any atom is -0.350 e. The molecule has 0 spiro atoms. The standard InChI is InChI=1S/C12H17IN2O.ClH/c1-3-14-9(2)8-15-12(16)10-4-6-11(13)7-5-10;/h4-7,9,14H,3,8H2,1-2H3,(H,15,16);1H/t9-;/m1./s1. The minimum absolute atomic E-state index is 0. The molecule has 0 aromatic heterocycles. The summed E-state index contributed by atoms with van der Waals surface area (Å²) in [6.07, 6.45) is 0. The number of carbonyl (C=O) groups is 1. The molecule has 0 aliphatic carbocycles. The van der Waals surface area contributed by atoms with Gasteiger partial charge in [0, 0.05) is 21.7 Å². The summed E-state index contributed by atoms with van der Waals surface area (Å²) in [7, 11) is 0. The summed E-state index contributed by atoms with van der Waals surface area (Å²) in [6, 6.07) is 7.86. The number of hydrogen-bond donors (Lipinski definition) is 2. The fourth-order valence-electron chi connectivity index (χ4n) is 1.37. The molecule has 2 N–H and O–H groups in total. The van der Waals surface area contributed by atoms with Crippen LogP contribution in [0.1, 0.15) is 24.2 Å². The fourth-order valence-corrected chi connectivity index (χ4v) is 1.73. The van der Waals surface area contributed by atoms with Crippen molar-refractivity contribution < 1.29 is 4.79 Å². The van der Waals surface area contributed by atoms with Gasteiger partial charge in [0.15, 0.2) is 0 Å². The Bertz CT molecular complexity index is 343. The lowest BCUT2D eigenvalue weighted by atomic mass is 10.2. The van der Waals surface area contributed by atoms with E-state index in [1.165, 1.54) is 0 Å². The van der Waals surface area contributed by atoms with Crippen LogP contribution in [0.15, 0.2) is 24.3 Å². The van der Waals surface area contributed by atoms with E-state index in [4.69, 9.17) is 0 Å². The van der Waals surface area contributed by atoms with Crippen molar-refractivity contribution in [3.63, 3.8) is 0 Å². The summed E-state index contributed by atoms with van der Waals surface area (Å²) in [5, 5.41) is 6.14. The molecule has 1 rings (SSSR count). The first-order chi connectivity index (χ1) is 7.63. The monoisotopic (exact) mass is 368 g/mol. The van der Waals surface area contributed by atoms with Crippen molar-refractivity contribution in [3.05, 3.63) is 33.4 Å². The Hall–Kier alpha value is -0.330. The van der Waals surface area contributed by atoms with Crippen LogP contribution in [-0.2, 0) is 0 Å². The average molecular weight is 369 g/mol. The van der Waals surface area contributed by atoms with Gasteiger partial charge in [0.25, 0.3) is 5.91 Å². The van der Waals surface area contributed by atoms with E-state index >= 15 is 0 Å². The van der Waals surface area contributed by atoms with E-state index in [2.05, 4.69) is 47.1 Å². The summed E-state index contributed by atoms with van der Waals surface area (Å²) < 4.78 is 1.13. The van der Waals surface area contributed by atoms with Gasteiger partial charge in [0.1, 0.15) is 0 Å². The second kappa shape index (κ2) is 8.72. The molecule has 1 amide bonds. The number of likely N-dealkylation sites (N-methyl/N-ethyl adjacent to an activating group) is 1. The van der Waals surface area contributed by atoms with Gasteiger partial charge in [0.05, 0.1) is 0 Å². The third-order valence-corrected chi connectivity index (χ3v) is 2.95. The summed E-state index contributed by atoms with van der Waals surface area (Å²) in [6.45, 7) is 5.67. The SMILES string of the molecule is CCN[C@H](C)CNC(=O)c1ccc(I)cc1.Cl. The van der Waals surface area contributed by atoms with E-state index in [0.717, 1.165) is 10.1 Å². The molecule has 0 aliphatic heterocycles. The van der Waals surface area contributed by atoms with Crippen LogP contribution in [0.2, 0.25) is 0 Å². The normalized spacial score (nSPS) is 11.5. The third kappa shape index (κ3) is 6.24. The van der Waals surface area contributed by atoms with Crippen LogP contribution in [0, 0.1) is 3.57 Å². The van der Waals surface area contributed by atoms with Gasteiger partial charge in [-0.3, -0.25) is 4.79 Å². The fraction of sp³-hybridized carbons (Fsp3) is 0.417. The van der Waals surface area contributed by atoms with Gasteiger partial charge in [-0.25, -0.2) is 0 Å². The molecule has 1 aromatic rings. The van der Waals surface area contributed by atoms with Gasteiger partial charge in [-0.2, -0.15) is 0 Å². The number of nitrogens with one attached hydrogen (secondary N) is 2. The van der Waals surface area contributed by atoms with Crippen molar-refractivity contribution >= 4 is 40.9 Å². The van der Waals surface area contributed by atoms with E-state index < -0.39 is 0 Å². The Labute approximate surface area is 122 Å². The Balaban J connectivity index is 0.00000256. The summed E-state index contributed by atoms with van der Waals surface area (Å²) >= 11 is 2.22. The summed E-state index contributed by atoms with van der Waals surface area (Å²) in [4.78, 5) is 11.7. The van der Waals surface area contributed by atoms with E-state index in [9.17, 15) is 4.79 Å². The predicted octanol–water partition coefficient (Wildman–Crippen LogP) is 2.44. The number of rotatable bonds is 5. The van der Waals surface area contributed by atoms with Crippen molar-refractivity contribution in [2.45, 2.75) is 19.9 Å². The zero-order valence-corrected chi connectivity index (χ0v) is 13.0. The topological polar surface area (TPSA) is 41.1 Å². The highest BCUT2D eigenvalue weighted by Crippen LogP contribution is 2.06. The van der Waals surface area contributed by atoms with Crippen molar-refractivity contribution in [2.75, 3.05) is 13.1 Å². The van der Waals surface area contributed by atoms with Crippen molar-refractivity contribution in [1.29, 1.82) is 0 Å². The van der Waals surface area contributed by atoms with E-state index in [1.54, 1.807) is 0 Å². The molecule has 17 heavy (non-hydrogen) atoms. The molecule has 0 bridgehead atoms. The maximum Gasteiger partial charge on any atom is 0.251 e. The lowest BCUT2D eigenvalue weighted by Crippen LogP contribution is -2.38. The average Bonchev–Trinajstić information content (AvgIpc) is 2.27. The van der Waals surface area contributed by atoms with Gasteiger partial charge >= 0.3 is 0 Å². The van der Waals surface area contributed by atoms with Crippen LogP contribution in [0.25, 0.3) is 0 Å². The minimum atomic E-state index is -0.0128. The van der Waals surface area contributed by atoms with Gasteiger partial charge in [-0.15, -0.1) is 12.4 Å². The Morgan fingerprint density at radius 3 is 2.47 bits per heavy atom. The first-order valence-electron chi connectivity index (χ1n) is 5.40. The molecule has 1 atom stereocenters. The molecule has 0 heterocycles. The Kier molecular flexibility index (Phi) is 8.55. The quantitative estimate of drug-likeness (QED) is 0.784. The largest absolute Gasteiger partial charge is 0.350 e. The van der Waals surface area contributed by atoms with Gasteiger partial charge < -0.3 is 10.6 Å². The zero-order valence-electron chi connectivity index (χ0n) is 10.00. The number of hydrogen-bond acceptors (Lipinski definition) is 2. The number of amides is 1. The van der Waals surface area contributed by atoms with Crippen LogP contribution >= 0.6 is 35.0 Å². The Morgan fingerprint density at radius 1 is 1.35 bits per heavy atom. The number of benzene rings is 1. The van der Waals surface area contributed by atoms with Crippen molar-refractivity contribution in [3.8, 4) is 0 Å². The van der Waals surface area contributed by atoms with Gasteiger partial charge in [-0.1, -0.05) is 6.92 Å². The van der Waals surface area contributed by atoms with Gasteiger partial charge in [-0.05, 0) is 60.3 Å².